The average Bonchev–Trinajstić information content (AvgIpc) is 3.22. The zero-order chi connectivity index (χ0) is 20.7. The minimum absolute atomic E-state index is 0.0270. The van der Waals surface area contributed by atoms with Crippen molar-refractivity contribution in [2.45, 2.75) is 0 Å². The zero-order valence-electron chi connectivity index (χ0n) is 16.2. The van der Waals surface area contributed by atoms with Gasteiger partial charge in [0.2, 0.25) is 29.5 Å². The van der Waals surface area contributed by atoms with Gasteiger partial charge in [-0.2, -0.15) is 0 Å². The van der Waals surface area contributed by atoms with E-state index >= 15 is 0 Å². The standard InChI is InChI=1S/C20H18O9/c1-23-10-7-12(25-3)19(26-4)20-14(10)15(21)16(22)17(29-20)9-5-11(24-2)18-13(6-9)27-8-28-18/h5-7,22H,8H2,1-4H3. The van der Waals surface area contributed by atoms with E-state index in [-0.39, 0.29) is 35.0 Å². The Morgan fingerprint density at radius 1 is 0.897 bits per heavy atom. The van der Waals surface area contributed by atoms with Gasteiger partial charge < -0.3 is 37.9 Å². The average molecular weight is 402 g/mol. The second-order valence-corrected chi connectivity index (χ2v) is 6.04. The summed E-state index contributed by atoms with van der Waals surface area (Å²) >= 11 is 0. The summed E-state index contributed by atoms with van der Waals surface area (Å²) in [6.07, 6.45) is 0. The van der Waals surface area contributed by atoms with E-state index < -0.39 is 11.2 Å². The summed E-state index contributed by atoms with van der Waals surface area (Å²) in [7, 11) is 5.73. The third-order valence-corrected chi connectivity index (χ3v) is 4.59. The highest BCUT2D eigenvalue weighted by atomic mass is 16.7. The largest absolute Gasteiger partial charge is 0.502 e. The Hall–Kier alpha value is -3.75. The van der Waals surface area contributed by atoms with Crippen LogP contribution in [-0.2, 0) is 0 Å². The summed E-state index contributed by atoms with van der Waals surface area (Å²) in [5.41, 5.74) is -0.264. The van der Waals surface area contributed by atoms with Crippen LogP contribution in [0.1, 0.15) is 0 Å². The van der Waals surface area contributed by atoms with Gasteiger partial charge in [0, 0.05) is 11.6 Å². The lowest BCUT2D eigenvalue weighted by Crippen LogP contribution is -2.06. The van der Waals surface area contributed by atoms with Crippen molar-refractivity contribution < 1.29 is 37.9 Å². The Bertz CT molecular complexity index is 1160. The second kappa shape index (κ2) is 7.01. The molecule has 2 heterocycles. The molecule has 1 aromatic heterocycles. The maximum absolute atomic E-state index is 13.0. The highest BCUT2D eigenvalue weighted by Gasteiger charge is 2.27. The fourth-order valence-corrected chi connectivity index (χ4v) is 3.24. The van der Waals surface area contributed by atoms with Crippen LogP contribution in [0, 0.1) is 0 Å². The minimum atomic E-state index is -0.685. The Balaban J connectivity index is 2.07. The lowest BCUT2D eigenvalue weighted by Gasteiger charge is -2.15. The second-order valence-electron chi connectivity index (χ2n) is 6.04. The van der Waals surface area contributed by atoms with Crippen LogP contribution in [0.2, 0.25) is 0 Å². The smallest absolute Gasteiger partial charge is 0.238 e. The predicted molar refractivity (Wildman–Crippen MR) is 102 cm³/mol. The van der Waals surface area contributed by atoms with E-state index in [0.29, 0.717) is 28.6 Å². The number of fused-ring (bicyclic) bond motifs is 2. The van der Waals surface area contributed by atoms with Gasteiger partial charge in [-0.1, -0.05) is 0 Å². The van der Waals surface area contributed by atoms with Gasteiger partial charge >= 0.3 is 0 Å². The van der Waals surface area contributed by atoms with Gasteiger partial charge in [0.25, 0.3) is 0 Å². The van der Waals surface area contributed by atoms with E-state index in [1.54, 1.807) is 12.1 Å². The number of aromatic hydroxyl groups is 1. The quantitative estimate of drug-likeness (QED) is 0.689. The predicted octanol–water partition coefficient (Wildman–Crippen LogP) is 2.93. The highest BCUT2D eigenvalue weighted by molar-refractivity contribution is 5.93. The summed E-state index contributed by atoms with van der Waals surface area (Å²) in [6.45, 7) is 0.0328. The van der Waals surface area contributed by atoms with Crippen LogP contribution >= 0.6 is 0 Å². The maximum Gasteiger partial charge on any atom is 0.238 e. The van der Waals surface area contributed by atoms with Crippen molar-refractivity contribution in [1.82, 2.24) is 0 Å². The molecule has 0 radical (unpaired) electrons. The van der Waals surface area contributed by atoms with Crippen LogP contribution < -0.4 is 33.8 Å². The lowest BCUT2D eigenvalue weighted by molar-refractivity contribution is 0.171. The van der Waals surface area contributed by atoms with Crippen molar-refractivity contribution in [1.29, 1.82) is 0 Å². The van der Waals surface area contributed by atoms with Crippen LogP contribution in [0.15, 0.2) is 27.4 Å². The van der Waals surface area contributed by atoms with E-state index in [2.05, 4.69) is 0 Å². The molecule has 0 atom stereocenters. The van der Waals surface area contributed by atoms with Gasteiger partial charge in [0.05, 0.1) is 28.4 Å². The number of rotatable bonds is 5. The van der Waals surface area contributed by atoms with Gasteiger partial charge in [-0.15, -0.1) is 0 Å². The summed E-state index contributed by atoms with van der Waals surface area (Å²) in [5.74, 6) is 1.19. The first-order valence-electron chi connectivity index (χ1n) is 8.50. The highest BCUT2D eigenvalue weighted by Crippen LogP contribution is 2.47. The molecule has 0 fully saturated rings. The molecule has 0 saturated heterocycles. The molecule has 4 rings (SSSR count). The third-order valence-electron chi connectivity index (χ3n) is 4.59. The van der Waals surface area contributed by atoms with Crippen molar-refractivity contribution in [2.24, 2.45) is 0 Å². The Labute approximate surface area is 164 Å². The Kier molecular flexibility index (Phi) is 4.50. The van der Waals surface area contributed by atoms with Crippen LogP contribution in [0.3, 0.4) is 0 Å². The molecule has 0 unspecified atom stereocenters. The molecule has 0 spiro atoms. The summed E-state index contributed by atoms with van der Waals surface area (Å²) in [5, 5.41) is 10.7. The van der Waals surface area contributed by atoms with Crippen molar-refractivity contribution in [3.63, 3.8) is 0 Å². The first-order valence-corrected chi connectivity index (χ1v) is 8.50. The Morgan fingerprint density at radius 3 is 2.28 bits per heavy atom. The molecule has 0 aliphatic carbocycles. The third kappa shape index (κ3) is 2.74. The molecule has 29 heavy (non-hydrogen) atoms. The molecule has 0 amide bonds. The van der Waals surface area contributed by atoms with E-state index in [1.165, 1.54) is 34.5 Å². The van der Waals surface area contributed by atoms with Gasteiger partial charge in [-0.3, -0.25) is 4.79 Å². The molecular weight excluding hydrogens is 384 g/mol. The van der Waals surface area contributed by atoms with Crippen molar-refractivity contribution in [3.8, 4) is 51.6 Å². The Morgan fingerprint density at radius 2 is 1.62 bits per heavy atom. The number of ether oxygens (including phenoxy) is 6. The molecule has 1 aliphatic heterocycles. The van der Waals surface area contributed by atoms with E-state index in [1.807, 2.05) is 0 Å². The fraction of sp³-hybridized carbons (Fsp3) is 0.250. The summed E-state index contributed by atoms with van der Waals surface area (Å²) < 4.78 is 38.0. The van der Waals surface area contributed by atoms with Gasteiger partial charge in [0.1, 0.15) is 11.1 Å². The zero-order valence-corrected chi connectivity index (χ0v) is 16.2. The number of hydrogen-bond donors (Lipinski definition) is 1. The molecule has 9 nitrogen and oxygen atoms in total. The molecule has 3 aromatic rings. The summed E-state index contributed by atoms with van der Waals surface area (Å²) in [4.78, 5) is 13.0. The first-order chi connectivity index (χ1) is 14.0. The van der Waals surface area contributed by atoms with Crippen molar-refractivity contribution >= 4 is 11.0 Å². The molecule has 9 heteroatoms. The van der Waals surface area contributed by atoms with Crippen LogP contribution in [0.5, 0.6) is 40.2 Å². The first kappa shape index (κ1) is 18.6. The van der Waals surface area contributed by atoms with Crippen LogP contribution in [0.25, 0.3) is 22.3 Å². The normalized spacial score (nSPS) is 12.1. The van der Waals surface area contributed by atoms with E-state index in [9.17, 15) is 9.90 Å². The number of methoxy groups -OCH3 is 4. The fourth-order valence-electron chi connectivity index (χ4n) is 3.24. The minimum Gasteiger partial charge on any atom is -0.502 e. The molecule has 1 aliphatic rings. The van der Waals surface area contributed by atoms with Crippen LogP contribution in [0.4, 0.5) is 0 Å². The monoisotopic (exact) mass is 402 g/mol. The van der Waals surface area contributed by atoms with Crippen LogP contribution in [-0.4, -0.2) is 40.3 Å². The molecule has 0 saturated carbocycles. The molecule has 1 N–H and O–H groups in total. The lowest BCUT2D eigenvalue weighted by atomic mass is 10.1. The van der Waals surface area contributed by atoms with Gasteiger partial charge in [-0.05, 0) is 12.1 Å². The van der Waals surface area contributed by atoms with E-state index in [0.717, 1.165) is 0 Å². The van der Waals surface area contributed by atoms with Crippen molar-refractivity contribution in [3.05, 3.63) is 28.4 Å². The number of hydrogen-bond acceptors (Lipinski definition) is 9. The molecule has 2 aromatic carbocycles. The maximum atomic E-state index is 13.0. The SMILES string of the molecule is COc1cc(-c2oc3c(OC)c(OC)cc(OC)c3c(=O)c2O)cc2c1OCO2. The molecule has 0 bridgehead atoms. The number of benzene rings is 2. The summed E-state index contributed by atoms with van der Waals surface area (Å²) in [6, 6.07) is 4.64. The van der Waals surface area contributed by atoms with E-state index in [4.69, 9.17) is 32.8 Å². The van der Waals surface area contributed by atoms with Crippen molar-refractivity contribution in [2.75, 3.05) is 35.2 Å². The molecule has 152 valence electrons. The van der Waals surface area contributed by atoms with Gasteiger partial charge in [0.15, 0.2) is 28.6 Å². The molecular formula is C20H18O9. The topological polar surface area (TPSA) is 106 Å². The van der Waals surface area contributed by atoms with Gasteiger partial charge in [-0.25, -0.2) is 0 Å².